The molecule has 3 nitrogen and oxygen atoms in total. The highest BCUT2D eigenvalue weighted by atomic mass is 16.5. The fourth-order valence-electron chi connectivity index (χ4n) is 6.14. The van der Waals surface area contributed by atoms with Crippen molar-refractivity contribution < 1.29 is 4.74 Å². The summed E-state index contributed by atoms with van der Waals surface area (Å²) in [5.41, 5.74) is 10.2. The molecule has 1 heterocycles. The highest BCUT2D eigenvalue weighted by Gasteiger charge is 2.25. The number of ether oxygens (including phenoxy) is 1. The van der Waals surface area contributed by atoms with Crippen molar-refractivity contribution in [2.24, 2.45) is 0 Å². The summed E-state index contributed by atoms with van der Waals surface area (Å²) in [6.45, 7) is 0. The van der Waals surface area contributed by atoms with Crippen molar-refractivity contribution >= 4 is 33.5 Å². The van der Waals surface area contributed by atoms with Crippen LogP contribution in [0.3, 0.4) is 0 Å². The lowest BCUT2D eigenvalue weighted by atomic mass is 10.0. The van der Waals surface area contributed by atoms with E-state index in [9.17, 15) is 0 Å². The van der Waals surface area contributed by atoms with Crippen molar-refractivity contribution in [2.45, 2.75) is 6.23 Å². The minimum atomic E-state index is -0.200. The molecule has 0 saturated carbocycles. The first kappa shape index (κ1) is 25.9. The van der Waals surface area contributed by atoms with Gasteiger partial charge in [0.05, 0.1) is 11.4 Å². The van der Waals surface area contributed by atoms with Gasteiger partial charge >= 0.3 is 0 Å². The van der Waals surface area contributed by atoms with Crippen molar-refractivity contribution in [1.29, 1.82) is 0 Å². The van der Waals surface area contributed by atoms with Gasteiger partial charge < -0.3 is 15.0 Å². The Balaban J connectivity index is 1.24. The van der Waals surface area contributed by atoms with Crippen LogP contribution in [0.1, 0.15) is 11.8 Å². The highest BCUT2D eigenvalue weighted by molar-refractivity contribution is 6.01. The van der Waals surface area contributed by atoms with Crippen molar-refractivity contribution in [3.05, 3.63) is 175 Å². The SMILES string of the molecule is c1ccc(-c2ccc(N(c3ccc4c5c(ccc4c3)OC(c3ccccc3)N5)c3ccccc3-c3ccccc3)cc2)cc1. The van der Waals surface area contributed by atoms with Crippen LogP contribution in [0.25, 0.3) is 33.0 Å². The minimum Gasteiger partial charge on any atom is -0.464 e. The average molecular weight is 567 g/mol. The molecule has 8 rings (SSSR count). The molecule has 1 aliphatic rings. The van der Waals surface area contributed by atoms with Gasteiger partial charge in [-0.1, -0.05) is 133 Å². The predicted octanol–water partition coefficient (Wildman–Crippen LogP) is 11.1. The van der Waals surface area contributed by atoms with Crippen molar-refractivity contribution in [3.8, 4) is 28.0 Å². The third-order valence-electron chi connectivity index (χ3n) is 8.31. The molecule has 0 amide bonds. The first-order chi connectivity index (χ1) is 21.8. The number of anilines is 4. The van der Waals surface area contributed by atoms with Gasteiger partial charge in [0.15, 0.2) is 6.23 Å². The Kier molecular flexibility index (Phi) is 6.54. The Morgan fingerprint density at radius 1 is 0.500 bits per heavy atom. The predicted molar refractivity (Wildman–Crippen MR) is 183 cm³/mol. The monoisotopic (exact) mass is 566 g/mol. The fourth-order valence-corrected chi connectivity index (χ4v) is 6.14. The van der Waals surface area contributed by atoms with Gasteiger partial charge in [0.1, 0.15) is 5.75 Å². The number of nitrogens with zero attached hydrogens (tertiary/aromatic N) is 1. The van der Waals surface area contributed by atoms with Gasteiger partial charge in [-0.15, -0.1) is 0 Å². The Bertz CT molecular complexity index is 2060. The Hall–Kier alpha value is -5.80. The molecule has 1 unspecified atom stereocenters. The fraction of sp³-hybridized carbons (Fsp3) is 0.0244. The molecule has 7 aromatic rings. The second kappa shape index (κ2) is 11.1. The lowest BCUT2D eigenvalue weighted by Crippen LogP contribution is -2.11. The van der Waals surface area contributed by atoms with Crippen LogP contribution in [0.4, 0.5) is 22.7 Å². The second-order valence-corrected chi connectivity index (χ2v) is 11.0. The normalized spacial score (nSPS) is 13.6. The largest absolute Gasteiger partial charge is 0.464 e. The molecule has 0 fully saturated rings. The standard InChI is InChI=1S/C41H30N2O/c1-4-12-29(13-5-1)30-20-23-34(24-21-30)43(38-19-11-10-18-36(38)31-14-6-2-7-15-31)35-25-26-37-33(28-35)22-27-39-40(37)42-41(44-39)32-16-8-3-9-17-32/h1-28,41-42H. The number of hydrogen-bond acceptors (Lipinski definition) is 3. The van der Waals surface area contributed by atoms with Crippen LogP contribution in [0, 0.1) is 0 Å². The van der Waals surface area contributed by atoms with E-state index in [0.717, 1.165) is 44.8 Å². The van der Waals surface area contributed by atoms with Gasteiger partial charge in [0, 0.05) is 27.9 Å². The quantitative estimate of drug-likeness (QED) is 0.217. The summed E-state index contributed by atoms with van der Waals surface area (Å²) >= 11 is 0. The Labute approximate surface area is 257 Å². The molecular formula is C41H30N2O. The molecule has 0 bridgehead atoms. The van der Waals surface area contributed by atoms with Gasteiger partial charge in [0.2, 0.25) is 0 Å². The van der Waals surface area contributed by atoms with Crippen LogP contribution in [-0.4, -0.2) is 0 Å². The summed E-state index contributed by atoms with van der Waals surface area (Å²) < 4.78 is 6.31. The van der Waals surface area contributed by atoms with Gasteiger partial charge in [-0.2, -0.15) is 0 Å². The van der Waals surface area contributed by atoms with E-state index in [1.165, 1.54) is 22.3 Å². The van der Waals surface area contributed by atoms with Crippen molar-refractivity contribution in [3.63, 3.8) is 0 Å². The third-order valence-corrected chi connectivity index (χ3v) is 8.31. The zero-order chi connectivity index (χ0) is 29.3. The summed E-state index contributed by atoms with van der Waals surface area (Å²) in [6.07, 6.45) is -0.200. The molecule has 0 aliphatic carbocycles. The molecule has 0 aromatic heterocycles. The molecule has 7 aromatic carbocycles. The smallest absolute Gasteiger partial charge is 0.196 e. The van der Waals surface area contributed by atoms with E-state index in [1.807, 2.05) is 18.2 Å². The lowest BCUT2D eigenvalue weighted by molar-refractivity contribution is 0.260. The van der Waals surface area contributed by atoms with Crippen LogP contribution < -0.4 is 15.0 Å². The molecule has 0 radical (unpaired) electrons. The van der Waals surface area contributed by atoms with Gasteiger partial charge in [-0.3, -0.25) is 0 Å². The summed E-state index contributed by atoms with van der Waals surface area (Å²) in [6, 6.07) is 59.9. The molecule has 44 heavy (non-hydrogen) atoms. The van der Waals surface area contributed by atoms with E-state index in [0.29, 0.717) is 0 Å². The molecule has 3 heteroatoms. The molecular weight excluding hydrogens is 536 g/mol. The number of rotatable bonds is 6. The van der Waals surface area contributed by atoms with E-state index < -0.39 is 0 Å². The zero-order valence-corrected chi connectivity index (χ0v) is 24.1. The molecule has 1 N–H and O–H groups in total. The first-order valence-electron chi connectivity index (χ1n) is 15.0. The summed E-state index contributed by atoms with van der Waals surface area (Å²) in [7, 11) is 0. The van der Waals surface area contributed by atoms with Crippen LogP contribution in [0.2, 0.25) is 0 Å². The minimum absolute atomic E-state index is 0.200. The van der Waals surface area contributed by atoms with Gasteiger partial charge in [-0.25, -0.2) is 0 Å². The number of benzene rings is 7. The maximum Gasteiger partial charge on any atom is 0.196 e. The Morgan fingerprint density at radius 3 is 1.86 bits per heavy atom. The number of fused-ring (bicyclic) bond motifs is 3. The van der Waals surface area contributed by atoms with Crippen molar-refractivity contribution in [1.82, 2.24) is 0 Å². The zero-order valence-electron chi connectivity index (χ0n) is 24.1. The van der Waals surface area contributed by atoms with E-state index >= 15 is 0 Å². The molecule has 210 valence electrons. The van der Waals surface area contributed by atoms with Gasteiger partial charge in [-0.05, 0) is 58.5 Å². The van der Waals surface area contributed by atoms with E-state index in [4.69, 9.17) is 4.74 Å². The van der Waals surface area contributed by atoms with Crippen LogP contribution in [0.5, 0.6) is 5.75 Å². The first-order valence-corrected chi connectivity index (χ1v) is 15.0. The van der Waals surface area contributed by atoms with E-state index in [1.54, 1.807) is 0 Å². The third kappa shape index (κ3) is 4.75. The molecule has 1 aliphatic heterocycles. The van der Waals surface area contributed by atoms with Crippen molar-refractivity contribution in [2.75, 3.05) is 10.2 Å². The lowest BCUT2D eigenvalue weighted by Gasteiger charge is -2.28. The summed E-state index contributed by atoms with van der Waals surface area (Å²) in [4.78, 5) is 2.36. The maximum absolute atomic E-state index is 6.31. The Morgan fingerprint density at radius 2 is 1.11 bits per heavy atom. The second-order valence-electron chi connectivity index (χ2n) is 11.0. The van der Waals surface area contributed by atoms with Gasteiger partial charge in [0.25, 0.3) is 0 Å². The maximum atomic E-state index is 6.31. The number of para-hydroxylation sites is 1. The van der Waals surface area contributed by atoms with Crippen LogP contribution in [0.15, 0.2) is 170 Å². The number of hydrogen-bond donors (Lipinski definition) is 1. The summed E-state index contributed by atoms with van der Waals surface area (Å²) in [5, 5.41) is 5.91. The van der Waals surface area contributed by atoms with Crippen LogP contribution in [-0.2, 0) is 0 Å². The highest BCUT2D eigenvalue weighted by Crippen LogP contribution is 2.46. The van der Waals surface area contributed by atoms with Crippen LogP contribution >= 0.6 is 0 Å². The van der Waals surface area contributed by atoms with E-state index in [-0.39, 0.29) is 6.23 Å². The van der Waals surface area contributed by atoms with E-state index in [2.05, 4.69) is 162 Å². The summed E-state index contributed by atoms with van der Waals surface area (Å²) in [5.74, 6) is 0.877. The average Bonchev–Trinajstić information content (AvgIpc) is 3.55. The number of nitrogens with one attached hydrogen (secondary N) is 1. The topological polar surface area (TPSA) is 24.5 Å². The molecule has 0 spiro atoms. The molecule has 0 saturated heterocycles. The molecule has 1 atom stereocenters.